The maximum atomic E-state index is 13.2. The summed E-state index contributed by atoms with van der Waals surface area (Å²) in [6.07, 6.45) is 4.19. The molecule has 0 aliphatic carbocycles. The Morgan fingerprint density at radius 2 is 1.86 bits per heavy atom. The molecule has 1 aliphatic rings. The third-order valence-electron chi connectivity index (χ3n) is 6.78. The Hall–Kier alpha value is -2.55. The molecule has 2 N–H and O–H groups in total. The molecule has 0 amide bonds. The summed E-state index contributed by atoms with van der Waals surface area (Å²) in [7, 11) is 0. The molecule has 3 aromatic carbocycles. The van der Waals surface area contributed by atoms with Crippen molar-refractivity contribution in [2.24, 2.45) is 0 Å². The number of hydrogen-bond acceptors (Lipinski definition) is 5. The number of hydrogen-bond donors (Lipinski definition) is 2. The quantitative estimate of drug-likeness (QED) is 0.182. The van der Waals surface area contributed by atoms with Crippen molar-refractivity contribution in [1.82, 2.24) is 5.32 Å². The van der Waals surface area contributed by atoms with Gasteiger partial charge in [-0.05, 0) is 108 Å². The standard InChI is InChI=1S/C29H27ClINO4/c1-17(24-4-2-3-15-32-24)35-21-11-5-18(6-12-21)16-23-22-13-14-25(33)27(31)28(22)36-29(34)26(23)19-7-9-20(30)10-8-19/h5-14,17,24,32-33H,2-4,15-16H2,1H3. The first-order valence-electron chi connectivity index (χ1n) is 12.1. The molecular weight excluding hydrogens is 589 g/mol. The zero-order valence-corrected chi connectivity index (χ0v) is 22.8. The topological polar surface area (TPSA) is 71.7 Å². The van der Waals surface area contributed by atoms with Crippen LogP contribution in [-0.4, -0.2) is 23.8 Å². The first kappa shape index (κ1) is 25.1. The van der Waals surface area contributed by atoms with Gasteiger partial charge in [-0.2, -0.15) is 0 Å². The van der Waals surface area contributed by atoms with E-state index in [0.717, 1.165) is 40.8 Å². The summed E-state index contributed by atoms with van der Waals surface area (Å²) in [5.74, 6) is 0.910. The van der Waals surface area contributed by atoms with E-state index in [1.165, 1.54) is 12.8 Å². The van der Waals surface area contributed by atoms with Gasteiger partial charge >= 0.3 is 5.63 Å². The average Bonchev–Trinajstić information content (AvgIpc) is 2.89. The largest absolute Gasteiger partial charge is 0.507 e. The van der Waals surface area contributed by atoms with Crippen molar-refractivity contribution in [3.8, 4) is 22.6 Å². The number of phenols is 1. The van der Waals surface area contributed by atoms with Crippen molar-refractivity contribution in [1.29, 1.82) is 0 Å². The Balaban J connectivity index is 1.50. The second-order valence-electron chi connectivity index (χ2n) is 9.23. The Labute approximate surface area is 228 Å². The van der Waals surface area contributed by atoms with Gasteiger partial charge in [-0.3, -0.25) is 0 Å². The van der Waals surface area contributed by atoms with Crippen LogP contribution in [0.1, 0.15) is 37.3 Å². The molecule has 0 spiro atoms. The summed E-state index contributed by atoms with van der Waals surface area (Å²) in [5.41, 5.74) is 3.06. The number of ether oxygens (including phenoxy) is 1. The van der Waals surface area contributed by atoms with Crippen LogP contribution in [0.15, 0.2) is 69.9 Å². The van der Waals surface area contributed by atoms with Gasteiger partial charge in [0, 0.05) is 16.5 Å². The number of rotatable bonds is 6. The zero-order valence-electron chi connectivity index (χ0n) is 19.9. The normalized spacial score (nSPS) is 16.7. The molecule has 1 fully saturated rings. The molecule has 1 saturated heterocycles. The van der Waals surface area contributed by atoms with Gasteiger partial charge in [0.15, 0.2) is 5.58 Å². The number of phenolic OH excluding ortho intramolecular Hbond substituents is 1. The monoisotopic (exact) mass is 615 g/mol. The molecule has 2 atom stereocenters. The average molecular weight is 616 g/mol. The molecule has 5 rings (SSSR count). The van der Waals surface area contributed by atoms with E-state index in [0.29, 0.717) is 32.2 Å². The van der Waals surface area contributed by atoms with Crippen LogP contribution in [-0.2, 0) is 6.42 Å². The highest BCUT2D eigenvalue weighted by atomic mass is 127. The molecule has 186 valence electrons. The van der Waals surface area contributed by atoms with Crippen molar-refractivity contribution in [2.45, 2.75) is 44.8 Å². The van der Waals surface area contributed by atoms with Crippen molar-refractivity contribution in [3.63, 3.8) is 0 Å². The van der Waals surface area contributed by atoms with Crippen LogP contribution in [0.3, 0.4) is 0 Å². The number of halogens is 2. The van der Waals surface area contributed by atoms with Crippen LogP contribution in [0.2, 0.25) is 5.02 Å². The summed E-state index contributed by atoms with van der Waals surface area (Å²) < 4.78 is 12.4. The zero-order chi connectivity index (χ0) is 25.2. The highest BCUT2D eigenvalue weighted by Crippen LogP contribution is 2.35. The molecule has 5 nitrogen and oxygen atoms in total. The molecule has 1 aliphatic heterocycles. The molecule has 0 radical (unpaired) electrons. The van der Waals surface area contributed by atoms with Crippen LogP contribution in [0.4, 0.5) is 0 Å². The predicted octanol–water partition coefficient (Wildman–Crippen LogP) is 6.92. The van der Waals surface area contributed by atoms with Gasteiger partial charge in [0.2, 0.25) is 0 Å². The van der Waals surface area contributed by atoms with Gasteiger partial charge < -0.3 is 19.6 Å². The number of piperidine rings is 1. The van der Waals surface area contributed by atoms with E-state index >= 15 is 0 Å². The number of benzene rings is 3. The summed E-state index contributed by atoms with van der Waals surface area (Å²) in [4.78, 5) is 13.2. The number of aromatic hydroxyl groups is 1. The van der Waals surface area contributed by atoms with Gasteiger partial charge in [-0.15, -0.1) is 0 Å². The second kappa shape index (κ2) is 10.8. The van der Waals surface area contributed by atoms with Crippen LogP contribution < -0.4 is 15.7 Å². The fourth-order valence-electron chi connectivity index (χ4n) is 4.84. The van der Waals surface area contributed by atoms with E-state index in [1.54, 1.807) is 24.3 Å². The summed E-state index contributed by atoms with van der Waals surface area (Å²) in [6, 6.07) is 19.0. The molecule has 2 heterocycles. The maximum absolute atomic E-state index is 13.2. The minimum Gasteiger partial charge on any atom is -0.507 e. The second-order valence-corrected chi connectivity index (χ2v) is 10.7. The lowest BCUT2D eigenvalue weighted by Crippen LogP contribution is -2.44. The molecule has 0 saturated carbocycles. The fraction of sp³-hybridized carbons (Fsp3) is 0.276. The van der Waals surface area contributed by atoms with Gasteiger partial charge in [-0.1, -0.05) is 42.3 Å². The van der Waals surface area contributed by atoms with Crippen molar-refractivity contribution < 1.29 is 14.3 Å². The van der Waals surface area contributed by atoms with Crippen LogP contribution >= 0.6 is 34.2 Å². The van der Waals surface area contributed by atoms with E-state index in [1.807, 2.05) is 59.0 Å². The summed E-state index contributed by atoms with van der Waals surface area (Å²) in [6.45, 7) is 3.16. The highest BCUT2D eigenvalue weighted by molar-refractivity contribution is 14.1. The minimum atomic E-state index is -0.447. The molecule has 7 heteroatoms. The smallest absolute Gasteiger partial charge is 0.344 e. The molecule has 4 aromatic rings. The predicted molar refractivity (Wildman–Crippen MR) is 152 cm³/mol. The Kier molecular flexibility index (Phi) is 7.55. The SMILES string of the molecule is CC(Oc1ccc(Cc2c(-c3ccc(Cl)cc3)c(=O)oc3c(I)c(O)ccc23)cc1)C1CCCCN1. The minimum absolute atomic E-state index is 0.0829. The van der Waals surface area contributed by atoms with Gasteiger partial charge in [0.05, 0.1) is 9.13 Å². The maximum Gasteiger partial charge on any atom is 0.344 e. The van der Waals surface area contributed by atoms with Crippen molar-refractivity contribution in [3.05, 3.63) is 90.8 Å². The third kappa shape index (κ3) is 5.26. The van der Waals surface area contributed by atoms with Gasteiger partial charge in [-0.25, -0.2) is 4.79 Å². The van der Waals surface area contributed by atoms with E-state index in [4.69, 9.17) is 20.8 Å². The van der Waals surface area contributed by atoms with E-state index in [-0.39, 0.29) is 11.9 Å². The number of fused-ring (bicyclic) bond motifs is 1. The van der Waals surface area contributed by atoms with Crippen LogP contribution in [0, 0.1) is 3.57 Å². The van der Waals surface area contributed by atoms with E-state index in [2.05, 4.69) is 12.2 Å². The highest BCUT2D eigenvalue weighted by Gasteiger charge is 2.22. The first-order chi connectivity index (χ1) is 17.4. The van der Waals surface area contributed by atoms with Crippen molar-refractivity contribution >= 4 is 45.2 Å². The Bertz CT molecular complexity index is 1430. The fourth-order valence-corrected chi connectivity index (χ4v) is 5.55. The molecule has 0 bridgehead atoms. The molecule has 36 heavy (non-hydrogen) atoms. The molecule has 1 aromatic heterocycles. The van der Waals surface area contributed by atoms with Crippen LogP contribution in [0.5, 0.6) is 11.5 Å². The lowest BCUT2D eigenvalue weighted by Gasteiger charge is -2.29. The lowest BCUT2D eigenvalue weighted by atomic mass is 9.93. The van der Waals surface area contributed by atoms with Gasteiger partial charge in [0.1, 0.15) is 17.6 Å². The molecular formula is C29H27ClINO4. The lowest BCUT2D eigenvalue weighted by molar-refractivity contribution is 0.152. The first-order valence-corrected chi connectivity index (χ1v) is 13.6. The molecule has 2 unspecified atom stereocenters. The Morgan fingerprint density at radius 3 is 2.56 bits per heavy atom. The van der Waals surface area contributed by atoms with E-state index in [9.17, 15) is 9.90 Å². The van der Waals surface area contributed by atoms with Crippen molar-refractivity contribution in [2.75, 3.05) is 6.54 Å². The number of nitrogens with one attached hydrogen (secondary N) is 1. The van der Waals surface area contributed by atoms with Gasteiger partial charge in [0.25, 0.3) is 0 Å². The summed E-state index contributed by atoms with van der Waals surface area (Å²) >= 11 is 8.11. The van der Waals surface area contributed by atoms with Crippen LogP contribution in [0.25, 0.3) is 22.1 Å². The summed E-state index contributed by atoms with van der Waals surface area (Å²) in [5, 5.41) is 15.1. The van der Waals surface area contributed by atoms with E-state index < -0.39 is 5.63 Å². The third-order valence-corrected chi connectivity index (χ3v) is 8.07. The Morgan fingerprint density at radius 1 is 1.11 bits per heavy atom.